The van der Waals surface area contributed by atoms with Crippen LogP contribution in [0.4, 0.5) is 5.69 Å². The third-order valence-electron chi connectivity index (χ3n) is 3.53. The van der Waals surface area contributed by atoms with Crippen LogP contribution < -0.4 is 5.32 Å². The minimum Gasteiger partial charge on any atom is -0.444 e. The van der Waals surface area contributed by atoms with Crippen LogP contribution in [0.1, 0.15) is 18.2 Å². The summed E-state index contributed by atoms with van der Waals surface area (Å²) in [6, 6.07) is 17.5. The Kier molecular flexibility index (Phi) is 4.52. The summed E-state index contributed by atoms with van der Waals surface area (Å²) in [7, 11) is 0. The number of rotatable bonds is 5. The lowest BCUT2D eigenvalue weighted by atomic mass is 10.1. The van der Waals surface area contributed by atoms with E-state index in [0.29, 0.717) is 11.6 Å². The van der Waals surface area contributed by atoms with Crippen molar-refractivity contribution in [3.8, 4) is 11.5 Å². The SMILES string of the molecule is CCc1cccc(NC(=O)Cc2coc(-c3ccccc3)n2)c1. The number of nitrogens with one attached hydrogen (secondary N) is 1. The van der Waals surface area contributed by atoms with E-state index in [0.717, 1.165) is 17.7 Å². The van der Waals surface area contributed by atoms with Crippen molar-refractivity contribution in [2.45, 2.75) is 19.8 Å². The van der Waals surface area contributed by atoms with E-state index in [9.17, 15) is 4.79 Å². The number of anilines is 1. The Bertz CT molecular complexity index is 794. The maximum Gasteiger partial charge on any atom is 0.230 e. The molecule has 4 heteroatoms. The first-order valence-electron chi connectivity index (χ1n) is 7.63. The third kappa shape index (κ3) is 3.86. The van der Waals surface area contributed by atoms with Crippen LogP contribution in [-0.2, 0) is 17.6 Å². The molecule has 1 aromatic heterocycles. The number of carbonyl (C=O) groups excluding carboxylic acids is 1. The average molecular weight is 306 g/mol. The Morgan fingerprint density at radius 3 is 2.74 bits per heavy atom. The fourth-order valence-electron chi connectivity index (χ4n) is 2.34. The van der Waals surface area contributed by atoms with Gasteiger partial charge in [-0.3, -0.25) is 4.79 Å². The Morgan fingerprint density at radius 1 is 1.13 bits per heavy atom. The first kappa shape index (κ1) is 15.0. The second kappa shape index (κ2) is 6.92. The lowest BCUT2D eigenvalue weighted by Crippen LogP contribution is -2.14. The molecule has 0 atom stereocenters. The molecule has 23 heavy (non-hydrogen) atoms. The number of nitrogens with zero attached hydrogens (tertiary/aromatic N) is 1. The lowest BCUT2D eigenvalue weighted by Gasteiger charge is -2.05. The van der Waals surface area contributed by atoms with Gasteiger partial charge >= 0.3 is 0 Å². The van der Waals surface area contributed by atoms with Crippen LogP contribution in [0.5, 0.6) is 0 Å². The molecule has 0 fully saturated rings. The summed E-state index contributed by atoms with van der Waals surface area (Å²) in [4.78, 5) is 16.5. The highest BCUT2D eigenvalue weighted by Crippen LogP contribution is 2.18. The van der Waals surface area contributed by atoms with Crippen molar-refractivity contribution in [2.24, 2.45) is 0 Å². The maximum atomic E-state index is 12.1. The molecule has 116 valence electrons. The Morgan fingerprint density at radius 2 is 1.96 bits per heavy atom. The van der Waals surface area contributed by atoms with E-state index in [2.05, 4.69) is 17.2 Å². The predicted octanol–water partition coefficient (Wildman–Crippen LogP) is 4.09. The second-order valence-electron chi connectivity index (χ2n) is 5.29. The summed E-state index contributed by atoms with van der Waals surface area (Å²) in [5, 5.41) is 2.89. The molecular formula is C19H18N2O2. The number of aryl methyl sites for hydroxylation is 1. The highest BCUT2D eigenvalue weighted by molar-refractivity contribution is 5.92. The minimum absolute atomic E-state index is 0.105. The Hall–Kier alpha value is -2.88. The molecule has 2 aromatic carbocycles. The summed E-state index contributed by atoms with van der Waals surface area (Å²) in [6.07, 6.45) is 2.66. The highest BCUT2D eigenvalue weighted by atomic mass is 16.3. The first-order valence-corrected chi connectivity index (χ1v) is 7.63. The van der Waals surface area contributed by atoms with Crippen molar-refractivity contribution >= 4 is 11.6 Å². The van der Waals surface area contributed by atoms with Crippen molar-refractivity contribution in [1.29, 1.82) is 0 Å². The largest absolute Gasteiger partial charge is 0.444 e. The molecule has 0 saturated heterocycles. The van der Waals surface area contributed by atoms with Gasteiger partial charge in [-0.1, -0.05) is 37.3 Å². The maximum absolute atomic E-state index is 12.1. The summed E-state index contributed by atoms with van der Waals surface area (Å²) < 4.78 is 5.45. The van der Waals surface area contributed by atoms with Gasteiger partial charge in [0.1, 0.15) is 6.26 Å². The van der Waals surface area contributed by atoms with E-state index in [1.807, 2.05) is 54.6 Å². The lowest BCUT2D eigenvalue weighted by molar-refractivity contribution is -0.115. The zero-order valence-corrected chi connectivity index (χ0v) is 13.0. The van der Waals surface area contributed by atoms with Crippen LogP contribution in [-0.4, -0.2) is 10.9 Å². The number of benzene rings is 2. The number of hydrogen-bond donors (Lipinski definition) is 1. The molecule has 0 spiro atoms. The monoisotopic (exact) mass is 306 g/mol. The van der Waals surface area contributed by atoms with Gasteiger partial charge in [0.15, 0.2) is 0 Å². The number of oxazole rings is 1. The molecule has 0 bridgehead atoms. The molecule has 1 N–H and O–H groups in total. The van der Waals surface area contributed by atoms with Crippen LogP contribution in [0.25, 0.3) is 11.5 Å². The van der Waals surface area contributed by atoms with Crippen molar-refractivity contribution < 1.29 is 9.21 Å². The van der Waals surface area contributed by atoms with Gasteiger partial charge in [0.05, 0.1) is 12.1 Å². The molecule has 1 heterocycles. The Balaban J connectivity index is 1.65. The van der Waals surface area contributed by atoms with Gasteiger partial charge < -0.3 is 9.73 Å². The van der Waals surface area contributed by atoms with E-state index in [1.165, 1.54) is 11.8 Å². The van der Waals surface area contributed by atoms with Crippen LogP contribution in [0.2, 0.25) is 0 Å². The third-order valence-corrected chi connectivity index (χ3v) is 3.53. The average Bonchev–Trinajstić information content (AvgIpc) is 3.04. The second-order valence-corrected chi connectivity index (χ2v) is 5.29. The minimum atomic E-state index is -0.105. The summed E-state index contributed by atoms with van der Waals surface area (Å²) in [6.45, 7) is 2.08. The van der Waals surface area contributed by atoms with E-state index in [4.69, 9.17) is 4.42 Å². The molecule has 0 aliphatic carbocycles. The fourth-order valence-corrected chi connectivity index (χ4v) is 2.34. The van der Waals surface area contributed by atoms with E-state index >= 15 is 0 Å². The van der Waals surface area contributed by atoms with Crippen LogP contribution in [0.15, 0.2) is 65.3 Å². The van der Waals surface area contributed by atoms with E-state index < -0.39 is 0 Å². The van der Waals surface area contributed by atoms with Gasteiger partial charge in [-0.25, -0.2) is 4.98 Å². The summed E-state index contributed by atoms with van der Waals surface area (Å²) in [5.41, 5.74) is 3.51. The molecular weight excluding hydrogens is 288 g/mol. The smallest absolute Gasteiger partial charge is 0.230 e. The number of aromatic nitrogens is 1. The number of hydrogen-bond acceptors (Lipinski definition) is 3. The molecule has 0 aliphatic rings. The van der Waals surface area contributed by atoms with Crippen molar-refractivity contribution in [2.75, 3.05) is 5.32 Å². The number of carbonyl (C=O) groups is 1. The van der Waals surface area contributed by atoms with Gasteiger partial charge in [-0.05, 0) is 36.2 Å². The quantitative estimate of drug-likeness (QED) is 0.772. The van der Waals surface area contributed by atoms with Gasteiger partial charge in [-0.15, -0.1) is 0 Å². The van der Waals surface area contributed by atoms with Crippen molar-refractivity contribution in [3.05, 3.63) is 72.1 Å². The topological polar surface area (TPSA) is 55.1 Å². The standard InChI is InChI=1S/C19H18N2O2/c1-2-14-7-6-10-16(11-14)20-18(22)12-17-13-23-19(21-17)15-8-4-3-5-9-15/h3-11,13H,2,12H2,1H3,(H,20,22). The molecule has 0 saturated carbocycles. The van der Waals surface area contributed by atoms with Crippen LogP contribution in [0, 0.1) is 0 Å². The molecule has 1 amide bonds. The molecule has 3 rings (SSSR count). The predicted molar refractivity (Wildman–Crippen MR) is 90.1 cm³/mol. The zero-order chi connectivity index (χ0) is 16.1. The first-order chi connectivity index (χ1) is 11.2. The molecule has 3 aromatic rings. The molecule has 0 radical (unpaired) electrons. The van der Waals surface area contributed by atoms with Crippen molar-refractivity contribution in [3.63, 3.8) is 0 Å². The van der Waals surface area contributed by atoms with Gasteiger partial charge in [-0.2, -0.15) is 0 Å². The molecule has 4 nitrogen and oxygen atoms in total. The van der Waals surface area contributed by atoms with Gasteiger partial charge in [0.2, 0.25) is 11.8 Å². The van der Waals surface area contributed by atoms with E-state index in [1.54, 1.807) is 0 Å². The highest BCUT2D eigenvalue weighted by Gasteiger charge is 2.10. The summed E-state index contributed by atoms with van der Waals surface area (Å²) in [5.74, 6) is 0.424. The fraction of sp³-hybridized carbons (Fsp3) is 0.158. The number of amides is 1. The van der Waals surface area contributed by atoms with Gasteiger partial charge in [0, 0.05) is 11.3 Å². The molecule has 0 aliphatic heterocycles. The van der Waals surface area contributed by atoms with Gasteiger partial charge in [0.25, 0.3) is 0 Å². The Labute approximate surface area is 135 Å². The van der Waals surface area contributed by atoms with Crippen LogP contribution >= 0.6 is 0 Å². The van der Waals surface area contributed by atoms with E-state index in [-0.39, 0.29) is 12.3 Å². The van der Waals surface area contributed by atoms with Crippen molar-refractivity contribution in [1.82, 2.24) is 4.98 Å². The zero-order valence-electron chi connectivity index (χ0n) is 13.0. The molecule has 0 unspecified atom stereocenters. The normalized spacial score (nSPS) is 10.5. The van der Waals surface area contributed by atoms with Crippen LogP contribution in [0.3, 0.4) is 0 Å². The summed E-state index contributed by atoms with van der Waals surface area (Å²) >= 11 is 0.